The maximum Gasteiger partial charge on any atom is -0.00258 e. The molecule has 0 atom stereocenters. The number of fused-ring (bicyclic) bond motifs is 2. The molecule has 0 aliphatic rings. The minimum absolute atomic E-state index is 0.995. The zero-order valence-corrected chi connectivity index (χ0v) is 29.2. The molecule has 0 unspecified atom stereocenters. The first-order chi connectivity index (χ1) is 24.0. The Labute approximate surface area is 293 Å². The zero-order chi connectivity index (χ0) is 34.3. The maximum absolute atomic E-state index is 2.22. The van der Waals surface area contributed by atoms with E-state index in [-0.39, 0.29) is 0 Å². The van der Waals surface area contributed by atoms with E-state index in [1.54, 1.807) is 0 Å². The van der Waals surface area contributed by atoms with Crippen LogP contribution in [0, 0.1) is 27.7 Å². The predicted octanol–water partition coefficient (Wildman–Crippen LogP) is 13.5. The lowest BCUT2D eigenvalue weighted by Crippen LogP contribution is -1.87. The molecule has 8 aromatic rings. The molecule has 0 heteroatoms. The third-order valence-corrected chi connectivity index (χ3v) is 8.55. The summed E-state index contributed by atoms with van der Waals surface area (Å²) in [4.78, 5) is 0. The smallest absolute Gasteiger partial charge is 0.00258 e. The Morgan fingerprint density at radius 1 is 0.286 bits per heavy atom. The summed E-state index contributed by atoms with van der Waals surface area (Å²) in [5.41, 5.74) is 10.6. The Morgan fingerprint density at radius 2 is 0.653 bits per heavy atom. The third kappa shape index (κ3) is 10.6. The number of rotatable bonds is 3. The van der Waals surface area contributed by atoms with Gasteiger partial charge in [0.2, 0.25) is 0 Å². The van der Waals surface area contributed by atoms with Crippen molar-refractivity contribution in [3.63, 3.8) is 0 Å². The van der Waals surface area contributed by atoms with E-state index >= 15 is 0 Å². The summed E-state index contributed by atoms with van der Waals surface area (Å²) in [6, 6.07) is 68.1. The minimum atomic E-state index is 0.995. The highest BCUT2D eigenvalue weighted by atomic mass is 14.0. The standard InChI is InChI=1S/C20H18.2C11H10.C7H8/c1-16-7-11-19(12-8-16)20-13-9-18(10-14-20)15-17-5-3-2-4-6-17;2*1-9-5-4-7-10-6-2-3-8-11(9)10;1-7-5-3-2-4-6-7/h2-14H,15H2,1H3;2*2-8H,1H3;2-6H,1H3. The van der Waals surface area contributed by atoms with Crippen molar-refractivity contribution in [3.8, 4) is 11.1 Å². The molecular weight excluding hydrogens is 589 g/mol. The molecule has 242 valence electrons. The van der Waals surface area contributed by atoms with Gasteiger partial charge < -0.3 is 0 Å². The molecule has 0 spiro atoms. The molecular formula is C49H46. The van der Waals surface area contributed by atoms with Gasteiger partial charge in [0, 0.05) is 0 Å². The molecule has 0 saturated carbocycles. The second kappa shape index (κ2) is 18.0. The van der Waals surface area contributed by atoms with E-state index < -0.39 is 0 Å². The van der Waals surface area contributed by atoms with E-state index in [9.17, 15) is 0 Å². The maximum atomic E-state index is 2.22. The van der Waals surface area contributed by atoms with E-state index in [0.29, 0.717) is 0 Å². The molecule has 0 saturated heterocycles. The number of hydrogen-bond donors (Lipinski definition) is 0. The summed E-state index contributed by atoms with van der Waals surface area (Å²) in [5.74, 6) is 0. The second-order valence-corrected chi connectivity index (χ2v) is 12.5. The highest BCUT2D eigenvalue weighted by Gasteiger charge is 2.00. The van der Waals surface area contributed by atoms with Gasteiger partial charge in [-0.3, -0.25) is 0 Å². The molecule has 0 amide bonds. The zero-order valence-electron chi connectivity index (χ0n) is 29.2. The summed E-state index contributed by atoms with van der Waals surface area (Å²) in [6.07, 6.45) is 0.995. The van der Waals surface area contributed by atoms with Crippen LogP contribution in [0.4, 0.5) is 0 Å². The van der Waals surface area contributed by atoms with Gasteiger partial charge in [-0.05, 0) is 89.0 Å². The van der Waals surface area contributed by atoms with Crippen LogP contribution in [-0.2, 0) is 6.42 Å². The van der Waals surface area contributed by atoms with E-state index in [0.717, 1.165) is 6.42 Å². The number of aryl methyl sites for hydroxylation is 4. The number of benzene rings is 8. The fourth-order valence-electron chi connectivity index (χ4n) is 5.70. The van der Waals surface area contributed by atoms with Crippen LogP contribution >= 0.6 is 0 Å². The Balaban J connectivity index is 0.000000138. The van der Waals surface area contributed by atoms with Gasteiger partial charge in [-0.25, -0.2) is 0 Å². The normalized spacial score (nSPS) is 10.1. The van der Waals surface area contributed by atoms with E-state index in [2.05, 4.69) is 204 Å². The van der Waals surface area contributed by atoms with Crippen molar-refractivity contribution in [1.82, 2.24) is 0 Å². The lowest BCUT2D eigenvalue weighted by molar-refractivity contribution is 1.19. The van der Waals surface area contributed by atoms with Gasteiger partial charge in [0.25, 0.3) is 0 Å². The van der Waals surface area contributed by atoms with E-state index in [1.807, 2.05) is 18.2 Å². The monoisotopic (exact) mass is 634 g/mol. The molecule has 0 aliphatic heterocycles. The molecule has 0 aromatic heterocycles. The highest BCUT2D eigenvalue weighted by molar-refractivity contribution is 5.86. The first-order valence-electron chi connectivity index (χ1n) is 17.1. The first kappa shape index (κ1) is 34.6. The van der Waals surface area contributed by atoms with Crippen molar-refractivity contribution in [2.45, 2.75) is 34.1 Å². The molecule has 8 rings (SSSR count). The van der Waals surface area contributed by atoms with Gasteiger partial charge in [-0.15, -0.1) is 0 Å². The van der Waals surface area contributed by atoms with Crippen LogP contribution in [0.25, 0.3) is 32.7 Å². The van der Waals surface area contributed by atoms with Crippen LogP contribution < -0.4 is 0 Å². The van der Waals surface area contributed by atoms with Crippen molar-refractivity contribution in [2.75, 3.05) is 0 Å². The van der Waals surface area contributed by atoms with E-state index in [4.69, 9.17) is 0 Å². The summed E-state index contributed by atoms with van der Waals surface area (Å²) >= 11 is 0. The molecule has 49 heavy (non-hydrogen) atoms. The van der Waals surface area contributed by atoms with Crippen LogP contribution in [-0.4, -0.2) is 0 Å². The lowest BCUT2D eigenvalue weighted by Gasteiger charge is -2.05. The van der Waals surface area contributed by atoms with Crippen LogP contribution in [0.15, 0.2) is 194 Å². The molecule has 0 N–H and O–H groups in total. The quantitative estimate of drug-likeness (QED) is 0.181. The van der Waals surface area contributed by atoms with Gasteiger partial charge in [-0.2, -0.15) is 0 Å². The van der Waals surface area contributed by atoms with Crippen LogP contribution in [0.5, 0.6) is 0 Å². The third-order valence-electron chi connectivity index (χ3n) is 8.55. The largest absolute Gasteiger partial charge is 0.0622 e. The van der Waals surface area contributed by atoms with Crippen LogP contribution in [0.3, 0.4) is 0 Å². The van der Waals surface area contributed by atoms with Crippen molar-refractivity contribution < 1.29 is 0 Å². The molecule has 8 aromatic carbocycles. The van der Waals surface area contributed by atoms with Crippen LogP contribution in [0.1, 0.15) is 33.4 Å². The average molecular weight is 635 g/mol. The van der Waals surface area contributed by atoms with Crippen LogP contribution in [0.2, 0.25) is 0 Å². The summed E-state index contributed by atoms with van der Waals surface area (Å²) < 4.78 is 0. The highest BCUT2D eigenvalue weighted by Crippen LogP contribution is 2.21. The number of hydrogen-bond acceptors (Lipinski definition) is 0. The Kier molecular flexibility index (Phi) is 12.7. The minimum Gasteiger partial charge on any atom is -0.0622 e. The van der Waals surface area contributed by atoms with Gasteiger partial charge >= 0.3 is 0 Å². The van der Waals surface area contributed by atoms with Gasteiger partial charge in [0.15, 0.2) is 0 Å². The Bertz CT molecular complexity index is 2050. The summed E-state index contributed by atoms with van der Waals surface area (Å²) in [7, 11) is 0. The predicted molar refractivity (Wildman–Crippen MR) is 214 cm³/mol. The van der Waals surface area contributed by atoms with Gasteiger partial charge in [0.05, 0.1) is 0 Å². The Hall–Kier alpha value is -5.72. The molecule has 0 bridgehead atoms. The fourth-order valence-corrected chi connectivity index (χ4v) is 5.70. The Morgan fingerprint density at radius 3 is 1.10 bits per heavy atom. The van der Waals surface area contributed by atoms with Gasteiger partial charge in [0.1, 0.15) is 0 Å². The van der Waals surface area contributed by atoms with Crippen molar-refractivity contribution >= 4 is 21.5 Å². The summed E-state index contributed by atoms with van der Waals surface area (Å²) in [6.45, 7) is 8.48. The molecule has 0 radical (unpaired) electrons. The molecule has 0 heterocycles. The second-order valence-electron chi connectivity index (χ2n) is 12.5. The molecule has 0 fully saturated rings. The van der Waals surface area contributed by atoms with Crippen molar-refractivity contribution in [2.24, 2.45) is 0 Å². The van der Waals surface area contributed by atoms with E-state index in [1.165, 1.54) is 66.1 Å². The lowest BCUT2D eigenvalue weighted by atomic mass is 10.00. The van der Waals surface area contributed by atoms with Gasteiger partial charge in [-0.1, -0.05) is 205 Å². The summed E-state index contributed by atoms with van der Waals surface area (Å²) in [5, 5.41) is 5.37. The average Bonchev–Trinajstić information content (AvgIpc) is 3.14. The topological polar surface area (TPSA) is 0 Å². The molecule has 0 aliphatic carbocycles. The van der Waals surface area contributed by atoms with Crippen molar-refractivity contribution in [1.29, 1.82) is 0 Å². The first-order valence-corrected chi connectivity index (χ1v) is 17.1. The molecule has 0 nitrogen and oxygen atoms in total. The SMILES string of the molecule is Cc1ccc(-c2ccc(Cc3ccccc3)cc2)cc1.Cc1cccc2ccccc12.Cc1cccc2ccccc12.Cc1ccccc1. The van der Waals surface area contributed by atoms with Crippen molar-refractivity contribution in [3.05, 3.63) is 228 Å². The fraction of sp³-hybridized carbons (Fsp3) is 0.102.